The van der Waals surface area contributed by atoms with E-state index in [0.717, 1.165) is 31.4 Å². The number of carbonyl (C=O) groups is 2. The molecule has 1 fully saturated rings. The molecular weight excluding hydrogens is 507 g/mol. The molecule has 0 atom stereocenters. The number of nitro benzene ring substituents is 1. The monoisotopic (exact) mass is 520 g/mol. The van der Waals surface area contributed by atoms with Gasteiger partial charge in [-0.1, -0.05) is 12.0 Å². The van der Waals surface area contributed by atoms with Crippen LogP contribution in [0.4, 0.5) is 10.5 Å². The van der Waals surface area contributed by atoms with E-state index in [4.69, 9.17) is 11.2 Å². The third-order valence-electron chi connectivity index (χ3n) is 3.92. The summed E-state index contributed by atoms with van der Waals surface area (Å²) in [7, 11) is 0. The predicted octanol–water partition coefficient (Wildman–Crippen LogP) is 4.45. The number of amides is 2. The average molecular weight is 520 g/mol. The van der Waals surface area contributed by atoms with Crippen molar-refractivity contribution in [2.24, 2.45) is 0 Å². The molecular formula is C20H13IN2O5S. The fourth-order valence-corrected chi connectivity index (χ4v) is 4.01. The van der Waals surface area contributed by atoms with Crippen LogP contribution in [0.3, 0.4) is 0 Å². The fraction of sp³-hybridized carbons (Fsp3) is 0.100. The summed E-state index contributed by atoms with van der Waals surface area (Å²) in [5.74, 6) is 2.54. The average Bonchev–Trinajstić information content (AvgIpc) is 2.95. The first-order valence-corrected chi connectivity index (χ1v) is 10.1. The molecule has 2 aromatic rings. The molecule has 9 heteroatoms. The highest BCUT2D eigenvalue weighted by molar-refractivity contribution is 14.1. The van der Waals surface area contributed by atoms with Crippen LogP contribution in [0, 0.1) is 26.0 Å². The van der Waals surface area contributed by atoms with Crippen molar-refractivity contribution in [3.63, 3.8) is 0 Å². The zero-order valence-electron chi connectivity index (χ0n) is 14.8. The number of non-ortho nitro benzene ring substituents is 1. The number of hydrogen-bond acceptors (Lipinski definition) is 6. The van der Waals surface area contributed by atoms with Crippen molar-refractivity contribution in [1.82, 2.24) is 4.90 Å². The van der Waals surface area contributed by atoms with Crippen molar-refractivity contribution in [2.75, 3.05) is 6.54 Å². The molecule has 3 rings (SSSR count). The summed E-state index contributed by atoms with van der Waals surface area (Å²) in [4.78, 5) is 35.7. The molecule has 0 radical (unpaired) electrons. The van der Waals surface area contributed by atoms with Crippen LogP contribution in [-0.2, 0) is 11.4 Å². The highest BCUT2D eigenvalue weighted by Crippen LogP contribution is 2.33. The summed E-state index contributed by atoms with van der Waals surface area (Å²) < 4.78 is 6.60. The second-order valence-corrected chi connectivity index (χ2v) is 8.03. The SMILES string of the molecule is C#CCN1C(=O)S/C(=C/c2ccc(OCc3ccc([N+](=O)[O-])cc3)c(I)c2)C1=O. The maximum Gasteiger partial charge on any atom is 0.294 e. The number of benzene rings is 2. The van der Waals surface area contributed by atoms with Gasteiger partial charge in [0.1, 0.15) is 12.4 Å². The van der Waals surface area contributed by atoms with Crippen LogP contribution in [0.15, 0.2) is 47.4 Å². The van der Waals surface area contributed by atoms with Gasteiger partial charge in [0.05, 0.1) is 19.9 Å². The number of thioether (sulfide) groups is 1. The van der Waals surface area contributed by atoms with E-state index < -0.39 is 10.8 Å². The van der Waals surface area contributed by atoms with Crippen LogP contribution < -0.4 is 4.74 Å². The smallest absolute Gasteiger partial charge is 0.294 e. The van der Waals surface area contributed by atoms with Gasteiger partial charge in [0.25, 0.3) is 16.8 Å². The van der Waals surface area contributed by atoms with E-state index in [-0.39, 0.29) is 24.1 Å². The normalized spacial score (nSPS) is 14.9. The summed E-state index contributed by atoms with van der Waals surface area (Å²) in [5, 5.41) is 10.3. The molecule has 0 aromatic heterocycles. The molecule has 0 N–H and O–H groups in total. The van der Waals surface area contributed by atoms with Crippen LogP contribution in [0.5, 0.6) is 5.75 Å². The molecule has 1 saturated heterocycles. The van der Waals surface area contributed by atoms with Gasteiger partial charge in [-0.3, -0.25) is 24.6 Å². The third-order valence-corrected chi connectivity index (χ3v) is 5.67. The van der Waals surface area contributed by atoms with Crippen molar-refractivity contribution in [1.29, 1.82) is 0 Å². The summed E-state index contributed by atoms with van der Waals surface area (Å²) in [5.41, 5.74) is 1.58. The van der Waals surface area contributed by atoms with Gasteiger partial charge < -0.3 is 4.74 Å². The summed E-state index contributed by atoms with van der Waals surface area (Å²) in [6.45, 7) is 0.216. The molecule has 7 nitrogen and oxygen atoms in total. The van der Waals surface area contributed by atoms with Crippen molar-refractivity contribution >= 4 is 57.3 Å². The lowest BCUT2D eigenvalue weighted by Gasteiger charge is -2.09. The van der Waals surface area contributed by atoms with E-state index in [1.165, 1.54) is 12.1 Å². The first-order chi connectivity index (χ1) is 13.9. The lowest BCUT2D eigenvalue weighted by Crippen LogP contribution is -2.28. The van der Waals surface area contributed by atoms with Gasteiger partial charge in [-0.2, -0.15) is 0 Å². The Balaban J connectivity index is 1.69. The fourth-order valence-electron chi connectivity index (χ4n) is 2.48. The number of hydrogen-bond donors (Lipinski definition) is 0. The molecule has 146 valence electrons. The summed E-state index contributed by atoms with van der Waals surface area (Å²) in [6.07, 6.45) is 6.83. The topological polar surface area (TPSA) is 89.8 Å². The Bertz CT molecular complexity index is 1060. The van der Waals surface area contributed by atoms with Crippen LogP contribution in [-0.4, -0.2) is 27.5 Å². The first-order valence-electron chi connectivity index (χ1n) is 8.23. The molecule has 0 spiro atoms. The second-order valence-electron chi connectivity index (χ2n) is 5.87. The number of halogens is 1. The Hall–Kier alpha value is -2.84. The Morgan fingerprint density at radius 2 is 1.97 bits per heavy atom. The van der Waals surface area contributed by atoms with Crippen LogP contribution in [0.2, 0.25) is 0 Å². The van der Waals surface area contributed by atoms with E-state index >= 15 is 0 Å². The zero-order chi connectivity index (χ0) is 21.0. The van der Waals surface area contributed by atoms with Gasteiger partial charge in [-0.05, 0) is 75.8 Å². The highest BCUT2D eigenvalue weighted by Gasteiger charge is 2.34. The quantitative estimate of drug-likeness (QED) is 0.184. The number of nitrogens with zero attached hydrogens (tertiary/aromatic N) is 2. The molecule has 1 aliphatic rings. The van der Waals surface area contributed by atoms with Gasteiger partial charge in [0, 0.05) is 12.1 Å². The zero-order valence-corrected chi connectivity index (χ0v) is 17.8. The number of rotatable bonds is 6. The lowest BCUT2D eigenvalue weighted by atomic mass is 10.2. The molecule has 1 heterocycles. The number of nitro groups is 1. The van der Waals surface area contributed by atoms with Crippen molar-refractivity contribution in [2.45, 2.75) is 6.61 Å². The maximum atomic E-state index is 12.2. The van der Waals surface area contributed by atoms with Crippen molar-refractivity contribution in [3.8, 4) is 18.1 Å². The van der Waals surface area contributed by atoms with Crippen LogP contribution >= 0.6 is 34.4 Å². The van der Waals surface area contributed by atoms with E-state index in [0.29, 0.717) is 10.7 Å². The molecule has 0 saturated carbocycles. The predicted molar refractivity (Wildman–Crippen MR) is 118 cm³/mol. The number of imide groups is 1. The number of terminal acetylenes is 1. The van der Waals surface area contributed by atoms with Crippen molar-refractivity contribution in [3.05, 3.63) is 72.2 Å². The van der Waals surface area contributed by atoms with E-state index in [2.05, 4.69) is 28.5 Å². The Labute approximate surface area is 184 Å². The number of ether oxygens (including phenoxy) is 1. The molecule has 1 aliphatic heterocycles. The first kappa shape index (κ1) is 20.9. The standard InChI is InChI=1S/C20H13IN2O5S/c1-2-9-22-19(24)18(29-20(22)25)11-14-5-8-17(16(21)10-14)28-12-13-3-6-15(7-4-13)23(26)27/h1,3-8,10-11H,9,12H2/b18-11+. The second kappa shape index (κ2) is 9.11. The van der Waals surface area contributed by atoms with Gasteiger partial charge in [-0.15, -0.1) is 6.42 Å². The van der Waals surface area contributed by atoms with Crippen LogP contribution in [0.25, 0.3) is 6.08 Å². The Morgan fingerprint density at radius 3 is 2.59 bits per heavy atom. The molecule has 0 bridgehead atoms. The molecule has 2 aromatic carbocycles. The lowest BCUT2D eigenvalue weighted by molar-refractivity contribution is -0.384. The molecule has 2 amide bonds. The van der Waals surface area contributed by atoms with Gasteiger partial charge >= 0.3 is 0 Å². The highest BCUT2D eigenvalue weighted by atomic mass is 127. The number of carbonyl (C=O) groups excluding carboxylic acids is 2. The Morgan fingerprint density at radius 1 is 1.24 bits per heavy atom. The molecule has 0 unspecified atom stereocenters. The maximum absolute atomic E-state index is 12.2. The van der Waals surface area contributed by atoms with E-state index in [1.54, 1.807) is 30.3 Å². The van der Waals surface area contributed by atoms with Gasteiger partial charge in [0.15, 0.2) is 0 Å². The minimum absolute atomic E-state index is 0.0272. The molecule has 29 heavy (non-hydrogen) atoms. The van der Waals surface area contributed by atoms with Crippen molar-refractivity contribution < 1.29 is 19.2 Å². The minimum Gasteiger partial charge on any atom is -0.488 e. The molecule has 0 aliphatic carbocycles. The van der Waals surface area contributed by atoms with E-state index in [1.807, 2.05) is 6.07 Å². The Kier molecular flexibility index (Phi) is 6.56. The van der Waals surface area contributed by atoms with Gasteiger partial charge in [-0.25, -0.2) is 0 Å². The third kappa shape index (κ3) is 4.96. The van der Waals surface area contributed by atoms with Crippen LogP contribution in [0.1, 0.15) is 11.1 Å². The minimum atomic E-state index is -0.451. The van der Waals surface area contributed by atoms with E-state index in [9.17, 15) is 19.7 Å². The van der Waals surface area contributed by atoms with Gasteiger partial charge in [0.2, 0.25) is 0 Å². The summed E-state index contributed by atoms with van der Waals surface area (Å²) >= 11 is 2.98. The summed E-state index contributed by atoms with van der Waals surface area (Å²) in [6, 6.07) is 11.5. The largest absolute Gasteiger partial charge is 0.488 e.